The van der Waals surface area contributed by atoms with Gasteiger partial charge in [0.15, 0.2) is 5.96 Å². The number of aliphatic imine (C=N–C) groups is 1. The fraction of sp³-hybridized carbons (Fsp3) is 0.579. The van der Waals surface area contributed by atoms with E-state index in [0.29, 0.717) is 6.54 Å². The van der Waals surface area contributed by atoms with E-state index in [1.165, 1.54) is 16.1 Å². The van der Waals surface area contributed by atoms with Crippen LogP contribution in [0.1, 0.15) is 28.8 Å². The fourth-order valence-corrected chi connectivity index (χ4v) is 4.11. The molecule has 1 N–H and O–H groups in total. The van der Waals surface area contributed by atoms with Crippen molar-refractivity contribution in [2.24, 2.45) is 12.0 Å². The van der Waals surface area contributed by atoms with Crippen molar-refractivity contribution in [2.75, 3.05) is 32.7 Å². The molecular formula is C19H31IN6S. The molecule has 0 saturated carbocycles. The van der Waals surface area contributed by atoms with Crippen LogP contribution in [0.5, 0.6) is 0 Å². The van der Waals surface area contributed by atoms with Crippen molar-refractivity contribution in [1.29, 1.82) is 0 Å². The first kappa shape index (κ1) is 22.2. The minimum Gasteiger partial charge on any atom is -0.357 e. The lowest BCUT2D eigenvalue weighted by Crippen LogP contribution is -2.52. The summed E-state index contributed by atoms with van der Waals surface area (Å²) in [6.07, 6.45) is 0. The summed E-state index contributed by atoms with van der Waals surface area (Å²) in [5.41, 5.74) is 3.51. The molecule has 0 unspecified atom stereocenters. The highest BCUT2D eigenvalue weighted by Crippen LogP contribution is 2.15. The van der Waals surface area contributed by atoms with Gasteiger partial charge in [0.2, 0.25) is 0 Å². The van der Waals surface area contributed by atoms with Crippen LogP contribution in [0.15, 0.2) is 22.5 Å². The van der Waals surface area contributed by atoms with E-state index in [1.807, 2.05) is 23.1 Å². The number of nitrogens with one attached hydrogen (secondary N) is 1. The third kappa shape index (κ3) is 5.68. The van der Waals surface area contributed by atoms with Gasteiger partial charge in [-0.15, -0.1) is 35.3 Å². The molecule has 8 heteroatoms. The standard InChI is InChI=1S/C19H30N6S.HI/c1-5-20-19(21-13-18-15(2)22-23(4)16(18)3)25-10-8-24(9-11-25)14-17-7-6-12-26-17;/h6-7,12H,5,8-11,13-14H2,1-4H3,(H,20,21);1H. The molecule has 3 rings (SSSR count). The van der Waals surface area contributed by atoms with E-state index in [-0.39, 0.29) is 24.0 Å². The quantitative estimate of drug-likeness (QED) is 0.388. The number of guanidine groups is 1. The zero-order valence-electron chi connectivity index (χ0n) is 16.7. The van der Waals surface area contributed by atoms with E-state index in [9.17, 15) is 0 Å². The second kappa shape index (κ2) is 10.4. The van der Waals surface area contributed by atoms with Gasteiger partial charge in [0.1, 0.15) is 0 Å². The fourth-order valence-electron chi connectivity index (χ4n) is 3.37. The molecule has 3 heterocycles. The Hall–Kier alpha value is -1.13. The van der Waals surface area contributed by atoms with E-state index in [2.05, 4.69) is 58.5 Å². The van der Waals surface area contributed by atoms with E-state index in [0.717, 1.165) is 50.9 Å². The van der Waals surface area contributed by atoms with Crippen molar-refractivity contribution >= 4 is 41.3 Å². The van der Waals surface area contributed by atoms with Gasteiger partial charge in [-0.25, -0.2) is 4.99 Å². The lowest BCUT2D eigenvalue weighted by Gasteiger charge is -2.36. The van der Waals surface area contributed by atoms with Gasteiger partial charge >= 0.3 is 0 Å². The smallest absolute Gasteiger partial charge is 0.194 e. The first-order chi connectivity index (χ1) is 12.6. The summed E-state index contributed by atoms with van der Waals surface area (Å²) in [4.78, 5) is 11.3. The van der Waals surface area contributed by atoms with Crippen molar-refractivity contribution < 1.29 is 0 Å². The molecule has 2 aromatic rings. The predicted octanol–water partition coefficient (Wildman–Crippen LogP) is 3.00. The minimum atomic E-state index is 0. The third-order valence-corrected chi connectivity index (χ3v) is 5.87. The van der Waals surface area contributed by atoms with E-state index >= 15 is 0 Å². The predicted molar refractivity (Wildman–Crippen MR) is 124 cm³/mol. The van der Waals surface area contributed by atoms with E-state index < -0.39 is 0 Å². The Labute approximate surface area is 183 Å². The third-order valence-electron chi connectivity index (χ3n) is 5.01. The normalized spacial score (nSPS) is 15.7. The molecule has 2 aromatic heterocycles. The summed E-state index contributed by atoms with van der Waals surface area (Å²) in [5, 5.41) is 10.1. The van der Waals surface area contributed by atoms with Crippen molar-refractivity contribution in [1.82, 2.24) is 24.9 Å². The Morgan fingerprint density at radius 1 is 1.26 bits per heavy atom. The van der Waals surface area contributed by atoms with Crippen molar-refractivity contribution in [3.05, 3.63) is 39.3 Å². The summed E-state index contributed by atoms with van der Waals surface area (Å²) >= 11 is 1.84. The summed E-state index contributed by atoms with van der Waals surface area (Å²) < 4.78 is 1.94. The molecule has 0 bridgehead atoms. The van der Waals surface area contributed by atoms with Crippen LogP contribution in [0.3, 0.4) is 0 Å². The summed E-state index contributed by atoms with van der Waals surface area (Å²) in [7, 11) is 1.99. The molecule has 0 amide bonds. The number of nitrogens with zero attached hydrogens (tertiary/aromatic N) is 5. The molecule has 150 valence electrons. The van der Waals surface area contributed by atoms with Gasteiger partial charge in [-0.3, -0.25) is 9.58 Å². The SMILES string of the molecule is CCNC(=NCc1c(C)nn(C)c1C)N1CCN(Cc2cccs2)CC1.I. The highest BCUT2D eigenvalue weighted by Gasteiger charge is 2.20. The Bertz CT molecular complexity index is 732. The first-order valence-electron chi connectivity index (χ1n) is 9.35. The summed E-state index contributed by atoms with van der Waals surface area (Å²) in [5.74, 6) is 1.02. The first-order valence-corrected chi connectivity index (χ1v) is 10.2. The molecule has 0 spiro atoms. The van der Waals surface area contributed by atoms with Crippen LogP contribution in [0, 0.1) is 13.8 Å². The molecule has 1 aliphatic rings. The van der Waals surface area contributed by atoms with E-state index in [1.54, 1.807) is 0 Å². The van der Waals surface area contributed by atoms with Gasteiger partial charge in [-0.2, -0.15) is 5.10 Å². The van der Waals surface area contributed by atoms with Crippen LogP contribution in [-0.4, -0.2) is 58.3 Å². The Kier molecular flexibility index (Phi) is 8.56. The summed E-state index contributed by atoms with van der Waals surface area (Å²) in [6.45, 7) is 13.1. The molecule has 27 heavy (non-hydrogen) atoms. The lowest BCUT2D eigenvalue weighted by atomic mass is 10.2. The molecule has 0 atom stereocenters. The lowest BCUT2D eigenvalue weighted by molar-refractivity contribution is 0.173. The van der Waals surface area contributed by atoms with Gasteiger partial charge in [0, 0.05) is 62.5 Å². The van der Waals surface area contributed by atoms with E-state index in [4.69, 9.17) is 4.99 Å². The van der Waals surface area contributed by atoms with Crippen molar-refractivity contribution in [3.63, 3.8) is 0 Å². The average Bonchev–Trinajstić information content (AvgIpc) is 3.22. The number of thiophene rings is 1. The Morgan fingerprint density at radius 2 is 2.00 bits per heavy atom. The van der Waals surface area contributed by atoms with Gasteiger partial charge in [-0.1, -0.05) is 6.07 Å². The number of halogens is 1. The number of rotatable bonds is 5. The van der Waals surface area contributed by atoms with Gasteiger partial charge in [-0.05, 0) is 32.2 Å². The highest BCUT2D eigenvalue weighted by atomic mass is 127. The number of hydrogen-bond acceptors (Lipinski definition) is 4. The molecule has 1 saturated heterocycles. The average molecular weight is 502 g/mol. The van der Waals surface area contributed by atoms with Crippen LogP contribution in [-0.2, 0) is 20.1 Å². The molecule has 1 fully saturated rings. The maximum absolute atomic E-state index is 4.90. The maximum Gasteiger partial charge on any atom is 0.194 e. The van der Waals surface area contributed by atoms with Crippen LogP contribution >= 0.6 is 35.3 Å². The molecule has 0 radical (unpaired) electrons. The maximum atomic E-state index is 4.90. The Balaban J connectivity index is 0.00000261. The summed E-state index contributed by atoms with van der Waals surface area (Å²) in [6, 6.07) is 4.36. The topological polar surface area (TPSA) is 48.7 Å². The second-order valence-corrected chi connectivity index (χ2v) is 7.82. The Morgan fingerprint density at radius 3 is 2.56 bits per heavy atom. The zero-order chi connectivity index (χ0) is 18.5. The molecule has 0 aliphatic carbocycles. The van der Waals surface area contributed by atoms with Gasteiger partial charge in [0.05, 0.1) is 12.2 Å². The number of piperazine rings is 1. The highest BCUT2D eigenvalue weighted by molar-refractivity contribution is 14.0. The van der Waals surface area contributed by atoms with Gasteiger partial charge < -0.3 is 10.2 Å². The van der Waals surface area contributed by atoms with Crippen molar-refractivity contribution in [2.45, 2.75) is 33.9 Å². The largest absolute Gasteiger partial charge is 0.357 e. The van der Waals surface area contributed by atoms with Crippen molar-refractivity contribution in [3.8, 4) is 0 Å². The van der Waals surface area contributed by atoms with Crippen LogP contribution in [0.25, 0.3) is 0 Å². The zero-order valence-corrected chi connectivity index (χ0v) is 19.9. The second-order valence-electron chi connectivity index (χ2n) is 6.79. The minimum absolute atomic E-state index is 0. The molecule has 1 aliphatic heterocycles. The van der Waals surface area contributed by atoms with Gasteiger partial charge in [0.25, 0.3) is 0 Å². The van der Waals surface area contributed by atoms with Crippen LogP contribution in [0.2, 0.25) is 0 Å². The number of hydrogen-bond donors (Lipinski definition) is 1. The number of aryl methyl sites for hydroxylation is 2. The molecule has 0 aromatic carbocycles. The van der Waals surface area contributed by atoms with Crippen LogP contribution in [0.4, 0.5) is 0 Å². The molecule has 6 nitrogen and oxygen atoms in total. The molecular weight excluding hydrogens is 471 g/mol. The number of aromatic nitrogens is 2. The van der Waals surface area contributed by atoms with Crippen LogP contribution < -0.4 is 5.32 Å². The monoisotopic (exact) mass is 502 g/mol.